The fraction of sp³-hybridized carbons (Fsp3) is 0.308. The van der Waals surface area contributed by atoms with Crippen molar-refractivity contribution in [3.05, 3.63) is 52.5 Å². The summed E-state index contributed by atoms with van der Waals surface area (Å²) < 4.78 is 3.11. The van der Waals surface area contributed by atoms with E-state index in [-0.39, 0.29) is 6.04 Å². The van der Waals surface area contributed by atoms with Gasteiger partial charge in [0.25, 0.3) is 0 Å². The summed E-state index contributed by atoms with van der Waals surface area (Å²) in [5.41, 5.74) is 4.12. The van der Waals surface area contributed by atoms with E-state index in [4.69, 9.17) is 5.84 Å². The van der Waals surface area contributed by atoms with Crippen molar-refractivity contribution in [2.24, 2.45) is 12.9 Å². The molecule has 1 unspecified atom stereocenters. The second kappa shape index (κ2) is 6.13. The fourth-order valence-corrected chi connectivity index (χ4v) is 2.40. The predicted molar refractivity (Wildman–Crippen MR) is 75.9 cm³/mol. The van der Waals surface area contributed by atoms with E-state index in [1.54, 1.807) is 0 Å². The number of aromatic nitrogens is 2. The highest BCUT2D eigenvalue weighted by molar-refractivity contribution is 9.10. The molecule has 1 aromatic carbocycles. The molecule has 1 atom stereocenters. The highest BCUT2D eigenvalue weighted by atomic mass is 79.9. The standard InChI is InChI=1S/C13H17BrN4/c1-18-6-5-16-13(18)9-12(17-15)8-10-3-2-4-11(14)7-10/h2-7,12,17H,8-9,15H2,1H3. The van der Waals surface area contributed by atoms with Crippen LogP contribution >= 0.6 is 15.9 Å². The molecular formula is C13H17BrN4. The van der Waals surface area contributed by atoms with Crippen molar-refractivity contribution in [2.75, 3.05) is 0 Å². The van der Waals surface area contributed by atoms with Crippen LogP contribution in [0.2, 0.25) is 0 Å². The topological polar surface area (TPSA) is 55.9 Å². The van der Waals surface area contributed by atoms with Gasteiger partial charge in [0.2, 0.25) is 0 Å². The van der Waals surface area contributed by atoms with Gasteiger partial charge in [-0.15, -0.1) is 0 Å². The summed E-state index contributed by atoms with van der Waals surface area (Å²) in [4.78, 5) is 4.32. The van der Waals surface area contributed by atoms with Gasteiger partial charge in [-0.25, -0.2) is 4.98 Å². The van der Waals surface area contributed by atoms with Gasteiger partial charge < -0.3 is 4.57 Å². The minimum absolute atomic E-state index is 0.181. The van der Waals surface area contributed by atoms with Crippen LogP contribution in [0.15, 0.2) is 41.1 Å². The summed E-state index contributed by atoms with van der Waals surface area (Å²) >= 11 is 3.48. The number of aryl methyl sites for hydroxylation is 1. The number of rotatable bonds is 5. The first-order valence-electron chi connectivity index (χ1n) is 5.86. The van der Waals surface area contributed by atoms with Gasteiger partial charge in [0, 0.05) is 36.4 Å². The van der Waals surface area contributed by atoms with Crippen molar-refractivity contribution < 1.29 is 0 Å². The first kappa shape index (κ1) is 13.3. The van der Waals surface area contributed by atoms with Crippen molar-refractivity contribution in [1.29, 1.82) is 0 Å². The van der Waals surface area contributed by atoms with Crippen molar-refractivity contribution in [3.8, 4) is 0 Å². The second-order valence-electron chi connectivity index (χ2n) is 4.36. The third-order valence-corrected chi connectivity index (χ3v) is 3.45. The lowest BCUT2D eigenvalue weighted by Gasteiger charge is -2.15. The van der Waals surface area contributed by atoms with Gasteiger partial charge in [-0.3, -0.25) is 11.3 Å². The lowest BCUT2D eigenvalue weighted by atomic mass is 10.0. The highest BCUT2D eigenvalue weighted by Crippen LogP contribution is 2.14. The maximum Gasteiger partial charge on any atom is 0.109 e. The number of nitrogens with two attached hydrogens (primary N) is 1. The minimum atomic E-state index is 0.181. The Bertz CT molecular complexity index is 509. The van der Waals surface area contributed by atoms with Crippen LogP contribution in [-0.2, 0) is 19.9 Å². The Kier molecular flexibility index (Phi) is 4.52. The molecule has 0 saturated carbocycles. The van der Waals surface area contributed by atoms with Gasteiger partial charge >= 0.3 is 0 Å². The molecule has 1 aromatic heterocycles. The monoisotopic (exact) mass is 308 g/mol. The van der Waals surface area contributed by atoms with Crippen molar-refractivity contribution in [3.63, 3.8) is 0 Å². The maximum atomic E-state index is 5.63. The maximum absolute atomic E-state index is 5.63. The number of halogens is 1. The van der Waals surface area contributed by atoms with Crippen LogP contribution in [0.4, 0.5) is 0 Å². The Morgan fingerprint density at radius 1 is 1.44 bits per heavy atom. The molecule has 0 amide bonds. The average Bonchev–Trinajstić information content (AvgIpc) is 2.74. The zero-order valence-corrected chi connectivity index (χ0v) is 11.9. The number of nitrogens with zero attached hydrogens (tertiary/aromatic N) is 2. The molecule has 0 aliphatic carbocycles. The molecular weight excluding hydrogens is 292 g/mol. The van der Waals surface area contributed by atoms with Crippen molar-refractivity contribution in [1.82, 2.24) is 15.0 Å². The number of hydrazine groups is 1. The van der Waals surface area contributed by atoms with E-state index in [1.807, 2.05) is 36.1 Å². The molecule has 2 aromatic rings. The Morgan fingerprint density at radius 3 is 2.89 bits per heavy atom. The number of nitrogens with one attached hydrogen (secondary N) is 1. The van der Waals surface area contributed by atoms with Crippen LogP contribution in [-0.4, -0.2) is 15.6 Å². The quantitative estimate of drug-likeness (QED) is 0.654. The number of imidazole rings is 1. The van der Waals surface area contributed by atoms with Gasteiger partial charge in [-0.1, -0.05) is 28.1 Å². The largest absolute Gasteiger partial charge is 0.338 e. The van der Waals surface area contributed by atoms with Crippen LogP contribution in [0.1, 0.15) is 11.4 Å². The third kappa shape index (κ3) is 3.41. The lowest BCUT2D eigenvalue weighted by molar-refractivity contribution is 0.504. The molecule has 96 valence electrons. The molecule has 0 radical (unpaired) electrons. The van der Waals surface area contributed by atoms with E-state index < -0.39 is 0 Å². The summed E-state index contributed by atoms with van der Waals surface area (Å²) in [5.74, 6) is 6.66. The SMILES string of the molecule is Cn1ccnc1CC(Cc1cccc(Br)c1)NN. The van der Waals surface area contributed by atoms with E-state index in [0.29, 0.717) is 0 Å². The Morgan fingerprint density at radius 2 is 2.28 bits per heavy atom. The number of benzene rings is 1. The van der Waals surface area contributed by atoms with E-state index >= 15 is 0 Å². The first-order chi connectivity index (χ1) is 8.69. The van der Waals surface area contributed by atoms with Crippen LogP contribution in [0.25, 0.3) is 0 Å². The number of hydrogen-bond acceptors (Lipinski definition) is 3. The molecule has 4 nitrogen and oxygen atoms in total. The summed E-state index contributed by atoms with van der Waals surface area (Å²) in [7, 11) is 2.00. The smallest absolute Gasteiger partial charge is 0.109 e. The molecule has 0 bridgehead atoms. The van der Waals surface area contributed by atoms with Gasteiger partial charge in [0.15, 0.2) is 0 Å². The van der Waals surface area contributed by atoms with Gasteiger partial charge in [0.05, 0.1) is 0 Å². The Hall–Kier alpha value is -1.17. The third-order valence-electron chi connectivity index (χ3n) is 2.96. The summed E-state index contributed by atoms with van der Waals surface area (Å²) in [5, 5.41) is 0. The van der Waals surface area contributed by atoms with E-state index in [2.05, 4.69) is 38.5 Å². The van der Waals surface area contributed by atoms with E-state index in [1.165, 1.54) is 5.56 Å². The predicted octanol–water partition coefficient (Wildman–Crippen LogP) is 1.80. The molecule has 5 heteroatoms. The van der Waals surface area contributed by atoms with E-state index in [9.17, 15) is 0 Å². The molecule has 2 rings (SSSR count). The molecule has 0 saturated heterocycles. The first-order valence-corrected chi connectivity index (χ1v) is 6.65. The summed E-state index contributed by atoms with van der Waals surface area (Å²) in [6.45, 7) is 0. The van der Waals surface area contributed by atoms with Crippen LogP contribution in [0.3, 0.4) is 0 Å². The lowest BCUT2D eigenvalue weighted by Crippen LogP contribution is -2.39. The molecule has 0 spiro atoms. The normalized spacial score (nSPS) is 12.6. The van der Waals surface area contributed by atoms with Gasteiger partial charge in [-0.2, -0.15) is 0 Å². The van der Waals surface area contributed by atoms with Crippen molar-refractivity contribution >= 4 is 15.9 Å². The van der Waals surface area contributed by atoms with Crippen LogP contribution in [0, 0.1) is 0 Å². The van der Waals surface area contributed by atoms with E-state index in [0.717, 1.165) is 23.1 Å². The Labute approximate surface area is 115 Å². The number of hydrogen-bond donors (Lipinski definition) is 2. The van der Waals surface area contributed by atoms with Crippen molar-refractivity contribution in [2.45, 2.75) is 18.9 Å². The van der Waals surface area contributed by atoms with Crippen LogP contribution in [0.5, 0.6) is 0 Å². The fourth-order valence-electron chi connectivity index (χ4n) is 1.95. The second-order valence-corrected chi connectivity index (χ2v) is 5.27. The van der Waals surface area contributed by atoms with Gasteiger partial charge in [-0.05, 0) is 24.1 Å². The average molecular weight is 309 g/mol. The van der Waals surface area contributed by atoms with Crippen LogP contribution < -0.4 is 11.3 Å². The Balaban J connectivity index is 2.04. The molecule has 3 N–H and O–H groups in total. The summed E-state index contributed by atoms with van der Waals surface area (Å²) in [6, 6.07) is 8.46. The molecule has 0 aliphatic heterocycles. The zero-order valence-electron chi connectivity index (χ0n) is 10.3. The molecule has 0 fully saturated rings. The summed E-state index contributed by atoms with van der Waals surface area (Å²) in [6.07, 6.45) is 5.44. The molecule has 1 heterocycles. The van der Waals surface area contributed by atoms with Gasteiger partial charge in [0.1, 0.15) is 5.82 Å². The molecule has 0 aliphatic rings. The highest BCUT2D eigenvalue weighted by Gasteiger charge is 2.11. The zero-order chi connectivity index (χ0) is 13.0. The minimum Gasteiger partial charge on any atom is -0.338 e. The molecule has 18 heavy (non-hydrogen) atoms.